The molecule has 0 aromatic heterocycles. The van der Waals surface area contributed by atoms with Gasteiger partial charge in [0.05, 0.1) is 12.2 Å². The number of carbonyl (C=O) groups is 1. The van der Waals surface area contributed by atoms with Gasteiger partial charge in [0.2, 0.25) is 0 Å². The fourth-order valence-corrected chi connectivity index (χ4v) is 1.10. The van der Waals surface area contributed by atoms with E-state index in [1.54, 1.807) is 0 Å². The lowest BCUT2D eigenvalue weighted by Crippen LogP contribution is -2.27. The third kappa shape index (κ3) is 2.68. The molecule has 1 amide bonds. The van der Waals surface area contributed by atoms with Crippen LogP contribution < -0.4 is 5.32 Å². The quantitative estimate of drug-likeness (QED) is 0.800. The summed E-state index contributed by atoms with van der Waals surface area (Å²) in [7, 11) is 0. The van der Waals surface area contributed by atoms with Crippen molar-refractivity contribution in [3.05, 3.63) is 34.6 Å². The summed E-state index contributed by atoms with van der Waals surface area (Å²) in [6.45, 7) is -0.0815. The molecule has 0 spiro atoms. The van der Waals surface area contributed by atoms with Gasteiger partial charge < -0.3 is 10.4 Å². The van der Waals surface area contributed by atoms with E-state index in [-0.39, 0.29) is 23.7 Å². The third-order valence-electron chi connectivity index (χ3n) is 1.57. The minimum atomic E-state index is -0.673. The summed E-state index contributed by atoms with van der Waals surface area (Å²) in [4.78, 5) is 11.2. The molecule has 3 nitrogen and oxygen atoms in total. The number of rotatable bonds is 3. The lowest BCUT2D eigenvalue weighted by atomic mass is 10.2. The highest BCUT2D eigenvalue weighted by Crippen LogP contribution is 2.14. The third-order valence-corrected chi connectivity index (χ3v) is 1.81. The van der Waals surface area contributed by atoms with Crippen molar-refractivity contribution in [1.82, 2.24) is 5.32 Å². The van der Waals surface area contributed by atoms with E-state index in [9.17, 15) is 9.18 Å². The molecule has 1 aromatic rings. The lowest BCUT2D eigenvalue weighted by Gasteiger charge is -2.04. The molecule has 0 aliphatic heterocycles. The molecular weight excluding hydrogens is 209 g/mol. The molecule has 0 aliphatic rings. The van der Waals surface area contributed by atoms with Gasteiger partial charge in [0.15, 0.2) is 0 Å². The number of hydrogen-bond donors (Lipinski definition) is 2. The summed E-state index contributed by atoms with van der Waals surface area (Å²) in [5.74, 6) is -1.24. The zero-order chi connectivity index (χ0) is 10.6. The summed E-state index contributed by atoms with van der Waals surface area (Å²) in [6, 6.07) is 3.79. The maximum absolute atomic E-state index is 13.1. The first-order valence-corrected chi connectivity index (χ1v) is 4.37. The fourth-order valence-electron chi connectivity index (χ4n) is 0.938. The smallest absolute Gasteiger partial charge is 0.254 e. The molecular formula is C9H9ClFNO2. The van der Waals surface area contributed by atoms with Crippen LogP contribution in [0.3, 0.4) is 0 Å². The number of nitrogens with one attached hydrogen (secondary N) is 1. The number of aliphatic hydroxyl groups is 1. The molecule has 1 aromatic carbocycles. The second-order valence-corrected chi connectivity index (χ2v) is 3.04. The van der Waals surface area contributed by atoms with E-state index >= 15 is 0 Å². The van der Waals surface area contributed by atoms with Crippen molar-refractivity contribution in [3.8, 4) is 0 Å². The predicted molar refractivity (Wildman–Crippen MR) is 50.8 cm³/mol. The van der Waals surface area contributed by atoms with E-state index in [2.05, 4.69) is 5.32 Å². The van der Waals surface area contributed by atoms with Crippen LogP contribution in [-0.2, 0) is 0 Å². The van der Waals surface area contributed by atoms with Gasteiger partial charge >= 0.3 is 0 Å². The minimum absolute atomic E-state index is 0.0807. The molecule has 0 saturated carbocycles. The predicted octanol–water partition coefficient (Wildman–Crippen LogP) is 1.20. The maximum Gasteiger partial charge on any atom is 0.254 e. The van der Waals surface area contributed by atoms with Crippen molar-refractivity contribution in [2.75, 3.05) is 13.2 Å². The molecule has 0 radical (unpaired) electrons. The van der Waals surface area contributed by atoms with E-state index in [4.69, 9.17) is 16.7 Å². The first-order chi connectivity index (χ1) is 6.65. The van der Waals surface area contributed by atoms with Gasteiger partial charge in [-0.2, -0.15) is 0 Å². The second-order valence-electron chi connectivity index (χ2n) is 2.60. The van der Waals surface area contributed by atoms with Crippen molar-refractivity contribution in [2.24, 2.45) is 0 Å². The average molecular weight is 218 g/mol. The Kier molecular flexibility index (Phi) is 3.85. The van der Waals surface area contributed by atoms with Gasteiger partial charge in [-0.05, 0) is 18.2 Å². The number of hydrogen-bond acceptors (Lipinski definition) is 2. The average Bonchev–Trinajstić information content (AvgIpc) is 2.14. The van der Waals surface area contributed by atoms with Crippen molar-refractivity contribution in [1.29, 1.82) is 0 Å². The molecule has 0 unspecified atom stereocenters. The Hall–Kier alpha value is -1.13. The zero-order valence-electron chi connectivity index (χ0n) is 7.26. The second kappa shape index (κ2) is 4.93. The van der Waals surface area contributed by atoms with Gasteiger partial charge in [0.1, 0.15) is 5.82 Å². The van der Waals surface area contributed by atoms with Crippen LogP contribution in [0.1, 0.15) is 10.4 Å². The van der Waals surface area contributed by atoms with E-state index < -0.39 is 11.7 Å². The summed E-state index contributed by atoms with van der Waals surface area (Å²) in [5.41, 5.74) is -0.0807. The SMILES string of the molecule is O=C(NCCO)c1ccc(Cl)cc1F. The first-order valence-electron chi connectivity index (χ1n) is 3.99. The Morgan fingerprint density at radius 2 is 2.29 bits per heavy atom. The van der Waals surface area contributed by atoms with Gasteiger partial charge in [-0.25, -0.2) is 4.39 Å². The van der Waals surface area contributed by atoms with Crippen molar-refractivity contribution >= 4 is 17.5 Å². The number of aliphatic hydroxyl groups excluding tert-OH is 1. The summed E-state index contributed by atoms with van der Waals surface area (Å²) in [6.07, 6.45) is 0. The molecule has 76 valence electrons. The molecule has 2 N–H and O–H groups in total. The first kappa shape index (κ1) is 10.9. The van der Waals surface area contributed by atoms with E-state index in [0.717, 1.165) is 6.07 Å². The summed E-state index contributed by atoms with van der Waals surface area (Å²) >= 11 is 5.51. The molecule has 0 aliphatic carbocycles. The normalized spacial score (nSPS) is 9.93. The van der Waals surface area contributed by atoms with Crippen LogP contribution in [0.25, 0.3) is 0 Å². The van der Waals surface area contributed by atoms with Crippen LogP contribution in [0.2, 0.25) is 5.02 Å². The number of halogens is 2. The fraction of sp³-hybridized carbons (Fsp3) is 0.222. The largest absolute Gasteiger partial charge is 0.395 e. The topological polar surface area (TPSA) is 49.3 Å². The standard InChI is InChI=1S/C9H9ClFNO2/c10-6-1-2-7(8(11)5-6)9(14)12-3-4-13/h1-2,5,13H,3-4H2,(H,12,14). The highest BCUT2D eigenvalue weighted by molar-refractivity contribution is 6.30. The Balaban J connectivity index is 2.80. The van der Waals surface area contributed by atoms with Crippen LogP contribution in [0.5, 0.6) is 0 Å². The van der Waals surface area contributed by atoms with Crippen LogP contribution >= 0.6 is 11.6 Å². The van der Waals surface area contributed by atoms with Gasteiger partial charge in [-0.3, -0.25) is 4.79 Å². The van der Waals surface area contributed by atoms with Crippen LogP contribution in [-0.4, -0.2) is 24.2 Å². The minimum Gasteiger partial charge on any atom is -0.395 e. The van der Waals surface area contributed by atoms with Gasteiger partial charge in [0, 0.05) is 11.6 Å². The number of benzene rings is 1. The Labute approximate surface area is 85.5 Å². The Bertz CT molecular complexity index is 344. The zero-order valence-corrected chi connectivity index (χ0v) is 8.01. The van der Waals surface area contributed by atoms with Crippen molar-refractivity contribution in [3.63, 3.8) is 0 Å². The number of carbonyl (C=O) groups excluding carboxylic acids is 1. The molecule has 0 fully saturated rings. The Morgan fingerprint density at radius 1 is 1.57 bits per heavy atom. The Morgan fingerprint density at radius 3 is 2.86 bits per heavy atom. The molecule has 5 heteroatoms. The molecule has 0 bridgehead atoms. The molecule has 0 atom stereocenters. The van der Waals surface area contributed by atoms with Gasteiger partial charge in [-0.1, -0.05) is 11.6 Å². The van der Waals surface area contributed by atoms with E-state index in [1.165, 1.54) is 12.1 Å². The highest BCUT2D eigenvalue weighted by atomic mass is 35.5. The molecule has 14 heavy (non-hydrogen) atoms. The highest BCUT2D eigenvalue weighted by Gasteiger charge is 2.10. The summed E-state index contributed by atoms with van der Waals surface area (Å²) in [5, 5.41) is 11.0. The van der Waals surface area contributed by atoms with E-state index in [1.807, 2.05) is 0 Å². The van der Waals surface area contributed by atoms with Crippen molar-refractivity contribution < 1.29 is 14.3 Å². The van der Waals surface area contributed by atoms with Gasteiger partial charge in [-0.15, -0.1) is 0 Å². The molecule has 0 heterocycles. The van der Waals surface area contributed by atoms with Crippen LogP contribution in [0.15, 0.2) is 18.2 Å². The lowest BCUT2D eigenvalue weighted by molar-refractivity contribution is 0.0941. The van der Waals surface area contributed by atoms with E-state index in [0.29, 0.717) is 0 Å². The van der Waals surface area contributed by atoms with Crippen molar-refractivity contribution in [2.45, 2.75) is 0 Å². The van der Waals surface area contributed by atoms with Crippen LogP contribution in [0, 0.1) is 5.82 Å². The molecule has 0 saturated heterocycles. The molecule has 1 rings (SSSR count). The monoisotopic (exact) mass is 217 g/mol. The number of amides is 1. The van der Waals surface area contributed by atoms with Gasteiger partial charge in [0.25, 0.3) is 5.91 Å². The maximum atomic E-state index is 13.1. The summed E-state index contributed by atoms with van der Waals surface area (Å²) < 4.78 is 13.1. The van der Waals surface area contributed by atoms with Crippen LogP contribution in [0.4, 0.5) is 4.39 Å².